The lowest BCUT2D eigenvalue weighted by Gasteiger charge is -2.40. The van der Waals surface area contributed by atoms with Gasteiger partial charge in [0.05, 0.1) is 0 Å². The molecule has 0 aromatic heterocycles. The van der Waals surface area contributed by atoms with Gasteiger partial charge in [-0.25, -0.2) is 0 Å². The summed E-state index contributed by atoms with van der Waals surface area (Å²) in [5.74, 6) is 2.87. The summed E-state index contributed by atoms with van der Waals surface area (Å²) in [4.78, 5) is 5.56. The highest BCUT2D eigenvalue weighted by Crippen LogP contribution is 2.39. The zero-order chi connectivity index (χ0) is 11.4. The number of rotatable bonds is 1. The molecule has 6 atom stereocenters. The van der Waals surface area contributed by atoms with Crippen molar-refractivity contribution in [1.29, 1.82) is 0 Å². The fraction of sp³-hybridized carbons (Fsp3) is 1.00. The molecule has 4 saturated heterocycles. The minimum atomic E-state index is 0.826. The van der Waals surface area contributed by atoms with Gasteiger partial charge in [0.1, 0.15) is 0 Å². The Kier molecular flexibility index (Phi) is 2.50. The van der Waals surface area contributed by atoms with Gasteiger partial charge in [-0.3, -0.25) is 4.90 Å². The molecule has 1 N–H and O–H groups in total. The molecule has 4 rings (SSSR count). The van der Waals surface area contributed by atoms with Gasteiger partial charge in [0.2, 0.25) is 0 Å². The molecule has 0 aromatic carbocycles. The highest BCUT2D eigenvalue weighted by molar-refractivity contribution is 5.02. The van der Waals surface area contributed by atoms with Crippen LogP contribution in [0.25, 0.3) is 0 Å². The van der Waals surface area contributed by atoms with Crippen LogP contribution in [0.5, 0.6) is 0 Å². The monoisotopic (exact) mass is 235 g/mol. The van der Waals surface area contributed by atoms with Gasteiger partial charge in [-0.2, -0.15) is 0 Å². The lowest BCUT2D eigenvalue weighted by Crippen LogP contribution is -2.49. The number of piperidine rings is 1. The van der Waals surface area contributed by atoms with E-state index >= 15 is 0 Å². The highest BCUT2D eigenvalue weighted by Gasteiger charge is 2.47. The Bertz CT molecular complexity index is 306. The van der Waals surface area contributed by atoms with Crippen molar-refractivity contribution in [2.24, 2.45) is 17.8 Å². The van der Waals surface area contributed by atoms with E-state index in [4.69, 9.17) is 0 Å². The third-order valence-corrected chi connectivity index (χ3v) is 6.00. The van der Waals surface area contributed by atoms with Crippen molar-refractivity contribution < 1.29 is 0 Å². The molecule has 0 amide bonds. The van der Waals surface area contributed by atoms with E-state index in [1.54, 1.807) is 0 Å². The molecule has 0 radical (unpaired) electrons. The van der Waals surface area contributed by atoms with Crippen LogP contribution in [0.3, 0.4) is 0 Å². The summed E-state index contributed by atoms with van der Waals surface area (Å²) in [7, 11) is 0. The number of likely N-dealkylation sites (tertiary alicyclic amines) is 1. The van der Waals surface area contributed by atoms with Gasteiger partial charge >= 0.3 is 0 Å². The zero-order valence-electron chi connectivity index (χ0n) is 10.9. The van der Waals surface area contributed by atoms with Crippen LogP contribution in [-0.2, 0) is 0 Å². The lowest BCUT2D eigenvalue weighted by atomic mass is 9.91. The standard InChI is InChI=1S/C14H25N3/c1-10-13-7-15-6-12(13)9-17(10)14-3-5-16-4-2-11(14)8-16/h10-15H,2-9H2,1H3. The largest absolute Gasteiger partial charge is 0.316 e. The van der Waals surface area contributed by atoms with E-state index < -0.39 is 0 Å². The molecular weight excluding hydrogens is 210 g/mol. The average Bonchev–Trinajstić information content (AvgIpc) is 2.99. The SMILES string of the molecule is CC1C2CNCC2CN1C1CCN2CCC1C2. The van der Waals surface area contributed by atoms with E-state index in [0.29, 0.717) is 0 Å². The quantitative estimate of drug-likeness (QED) is 0.719. The van der Waals surface area contributed by atoms with E-state index in [0.717, 1.165) is 29.8 Å². The van der Waals surface area contributed by atoms with E-state index in [2.05, 4.69) is 22.0 Å². The maximum atomic E-state index is 3.58. The zero-order valence-corrected chi connectivity index (χ0v) is 10.9. The predicted octanol–water partition coefficient (Wildman–Crippen LogP) is 0.620. The molecule has 17 heavy (non-hydrogen) atoms. The van der Waals surface area contributed by atoms with Crippen LogP contribution in [-0.4, -0.2) is 61.2 Å². The van der Waals surface area contributed by atoms with E-state index in [-0.39, 0.29) is 0 Å². The first kappa shape index (κ1) is 10.8. The second-order valence-corrected chi connectivity index (χ2v) is 6.72. The van der Waals surface area contributed by atoms with Crippen LogP contribution in [0.2, 0.25) is 0 Å². The van der Waals surface area contributed by atoms with Crippen molar-refractivity contribution in [3.8, 4) is 0 Å². The summed E-state index contributed by atoms with van der Waals surface area (Å²) in [6.07, 6.45) is 2.89. The van der Waals surface area contributed by atoms with Crippen molar-refractivity contribution in [3.05, 3.63) is 0 Å². The van der Waals surface area contributed by atoms with Gasteiger partial charge in [-0.05, 0) is 63.7 Å². The van der Waals surface area contributed by atoms with Crippen LogP contribution in [0.15, 0.2) is 0 Å². The summed E-state index contributed by atoms with van der Waals surface area (Å²) >= 11 is 0. The van der Waals surface area contributed by atoms with Crippen molar-refractivity contribution >= 4 is 0 Å². The molecule has 3 nitrogen and oxygen atoms in total. The second kappa shape index (κ2) is 3.94. The highest BCUT2D eigenvalue weighted by atomic mass is 15.3. The number of nitrogens with one attached hydrogen (secondary N) is 1. The van der Waals surface area contributed by atoms with Crippen molar-refractivity contribution in [1.82, 2.24) is 15.1 Å². The minimum absolute atomic E-state index is 0.826. The topological polar surface area (TPSA) is 18.5 Å². The normalized spacial score (nSPS) is 54.2. The number of fused-ring (bicyclic) bond motifs is 3. The van der Waals surface area contributed by atoms with E-state index in [1.807, 2.05) is 0 Å². The van der Waals surface area contributed by atoms with Gasteiger partial charge in [0, 0.05) is 25.2 Å². The molecule has 96 valence electrons. The van der Waals surface area contributed by atoms with Gasteiger partial charge < -0.3 is 10.2 Å². The van der Waals surface area contributed by atoms with Gasteiger partial charge in [0.15, 0.2) is 0 Å². The molecule has 6 unspecified atom stereocenters. The number of nitrogens with zero attached hydrogens (tertiary/aromatic N) is 2. The molecule has 0 aromatic rings. The fourth-order valence-electron chi connectivity index (χ4n) is 5.01. The van der Waals surface area contributed by atoms with Crippen molar-refractivity contribution in [2.45, 2.75) is 31.8 Å². The minimum Gasteiger partial charge on any atom is -0.316 e. The van der Waals surface area contributed by atoms with Crippen molar-refractivity contribution in [2.75, 3.05) is 39.3 Å². The fourth-order valence-corrected chi connectivity index (χ4v) is 5.01. The molecule has 4 fully saturated rings. The third-order valence-electron chi connectivity index (χ3n) is 6.00. The maximum absolute atomic E-state index is 3.58. The van der Waals surface area contributed by atoms with Crippen LogP contribution < -0.4 is 5.32 Å². The first-order valence-corrected chi connectivity index (χ1v) is 7.52. The maximum Gasteiger partial charge on any atom is 0.0151 e. The van der Waals surface area contributed by atoms with Crippen LogP contribution >= 0.6 is 0 Å². The molecule has 0 spiro atoms. The molecule has 0 saturated carbocycles. The smallest absolute Gasteiger partial charge is 0.0151 e. The van der Waals surface area contributed by atoms with Gasteiger partial charge in [-0.1, -0.05) is 0 Å². The Labute approximate surface area is 105 Å². The van der Waals surface area contributed by atoms with Gasteiger partial charge in [-0.15, -0.1) is 0 Å². The Morgan fingerprint density at radius 2 is 1.88 bits per heavy atom. The summed E-state index contributed by atoms with van der Waals surface area (Å²) in [5, 5.41) is 3.58. The average molecular weight is 235 g/mol. The molecular formula is C14H25N3. The van der Waals surface area contributed by atoms with Gasteiger partial charge in [0.25, 0.3) is 0 Å². The molecule has 2 bridgehead atoms. The predicted molar refractivity (Wildman–Crippen MR) is 69.0 cm³/mol. The van der Waals surface area contributed by atoms with Crippen LogP contribution in [0, 0.1) is 17.8 Å². The molecule has 3 heteroatoms. The van der Waals surface area contributed by atoms with Crippen LogP contribution in [0.1, 0.15) is 19.8 Å². The summed E-state index contributed by atoms with van der Waals surface area (Å²) in [6, 6.07) is 1.74. The molecule has 4 aliphatic rings. The summed E-state index contributed by atoms with van der Waals surface area (Å²) in [6.45, 7) is 10.5. The van der Waals surface area contributed by atoms with E-state index in [9.17, 15) is 0 Å². The molecule has 4 aliphatic heterocycles. The number of hydrogen-bond donors (Lipinski definition) is 1. The Balaban J connectivity index is 1.51. The molecule has 4 heterocycles. The summed E-state index contributed by atoms with van der Waals surface area (Å²) in [5.41, 5.74) is 0. The first-order valence-electron chi connectivity index (χ1n) is 7.52. The van der Waals surface area contributed by atoms with E-state index in [1.165, 1.54) is 52.1 Å². The third kappa shape index (κ3) is 1.59. The first-order chi connectivity index (χ1) is 8.33. The Morgan fingerprint density at radius 3 is 2.76 bits per heavy atom. The van der Waals surface area contributed by atoms with Crippen molar-refractivity contribution in [3.63, 3.8) is 0 Å². The van der Waals surface area contributed by atoms with Crippen LogP contribution in [0.4, 0.5) is 0 Å². The summed E-state index contributed by atoms with van der Waals surface area (Å²) < 4.78 is 0. The lowest BCUT2D eigenvalue weighted by molar-refractivity contribution is 0.0850. The Morgan fingerprint density at radius 1 is 1.00 bits per heavy atom. The Hall–Kier alpha value is -0.120. The second-order valence-electron chi connectivity index (χ2n) is 6.72. The number of hydrogen-bond acceptors (Lipinski definition) is 3. The molecule has 0 aliphatic carbocycles.